The van der Waals surface area contributed by atoms with E-state index >= 15 is 0 Å². The summed E-state index contributed by atoms with van der Waals surface area (Å²) in [4.78, 5) is 0. The Bertz CT molecular complexity index is 281. The zero-order valence-electron chi connectivity index (χ0n) is 7.41. The van der Waals surface area contributed by atoms with Gasteiger partial charge in [0.15, 0.2) is 0 Å². The van der Waals surface area contributed by atoms with Gasteiger partial charge in [0, 0.05) is 6.42 Å². The molecule has 0 saturated heterocycles. The lowest BCUT2D eigenvalue weighted by Crippen LogP contribution is -2.07. The minimum atomic E-state index is -1.20. The summed E-state index contributed by atoms with van der Waals surface area (Å²) < 4.78 is 0. The molecule has 3 heteroatoms. The number of hydrogen-bond donors (Lipinski definition) is 0. The first-order chi connectivity index (χ1) is 6.33. The smallest absolute Gasteiger partial charge is 0.146 e. The highest BCUT2D eigenvalue weighted by Gasteiger charge is 2.06. The Kier molecular flexibility index (Phi) is 4.59. The maximum atomic E-state index is 8.39. The first kappa shape index (κ1) is 10.3. The first-order valence-corrected chi connectivity index (χ1v) is 7.75. The van der Waals surface area contributed by atoms with Crippen LogP contribution in [0.25, 0.3) is 0 Å². The summed E-state index contributed by atoms with van der Waals surface area (Å²) in [6.45, 7) is 0. The SMILES string of the molecule is N#CCC[SiH](Cl)Cc1ccccc1. The monoisotopic (exact) mass is 209 g/mol. The number of halogens is 1. The fourth-order valence-electron chi connectivity index (χ4n) is 1.19. The molecule has 0 aliphatic carbocycles. The van der Waals surface area contributed by atoms with E-state index in [0.717, 1.165) is 12.1 Å². The zero-order chi connectivity index (χ0) is 9.52. The van der Waals surface area contributed by atoms with Crippen LogP contribution in [-0.4, -0.2) is 8.11 Å². The molecule has 0 bridgehead atoms. The summed E-state index contributed by atoms with van der Waals surface area (Å²) in [6.07, 6.45) is 0.604. The van der Waals surface area contributed by atoms with Crippen LogP contribution in [-0.2, 0) is 6.04 Å². The molecule has 0 saturated carbocycles. The summed E-state index contributed by atoms with van der Waals surface area (Å²) in [5.74, 6) is 0. The summed E-state index contributed by atoms with van der Waals surface area (Å²) in [5, 5.41) is 8.39. The molecule has 0 amide bonds. The van der Waals surface area contributed by atoms with E-state index in [2.05, 4.69) is 18.2 Å². The van der Waals surface area contributed by atoms with Crippen LogP contribution in [0.5, 0.6) is 0 Å². The van der Waals surface area contributed by atoms with Crippen LogP contribution < -0.4 is 0 Å². The van der Waals surface area contributed by atoms with Crippen molar-refractivity contribution >= 4 is 19.2 Å². The van der Waals surface area contributed by atoms with Crippen LogP contribution in [0.15, 0.2) is 30.3 Å². The molecule has 1 atom stereocenters. The highest BCUT2D eigenvalue weighted by molar-refractivity contribution is 7.06. The van der Waals surface area contributed by atoms with E-state index in [1.165, 1.54) is 5.56 Å². The van der Waals surface area contributed by atoms with Crippen molar-refractivity contribution in [2.24, 2.45) is 0 Å². The molecule has 0 aliphatic heterocycles. The number of benzene rings is 1. The molecule has 1 rings (SSSR count). The molecule has 1 unspecified atom stereocenters. The normalized spacial score (nSPS) is 12.0. The molecule has 0 radical (unpaired) electrons. The topological polar surface area (TPSA) is 23.8 Å². The van der Waals surface area contributed by atoms with Crippen molar-refractivity contribution in [3.05, 3.63) is 35.9 Å². The fourth-order valence-corrected chi connectivity index (χ4v) is 3.49. The van der Waals surface area contributed by atoms with E-state index in [1.807, 2.05) is 18.2 Å². The van der Waals surface area contributed by atoms with Crippen LogP contribution in [0.3, 0.4) is 0 Å². The van der Waals surface area contributed by atoms with Crippen molar-refractivity contribution < 1.29 is 0 Å². The fraction of sp³-hybridized carbons (Fsp3) is 0.300. The second kappa shape index (κ2) is 5.79. The van der Waals surface area contributed by atoms with Gasteiger partial charge >= 0.3 is 0 Å². The lowest BCUT2D eigenvalue weighted by atomic mass is 10.2. The molecule has 0 aromatic heterocycles. The minimum Gasteiger partial charge on any atom is -0.198 e. The average molecular weight is 210 g/mol. The molecule has 68 valence electrons. The summed E-state index contributed by atoms with van der Waals surface area (Å²) >= 11 is 6.18. The van der Waals surface area contributed by atoms with Crippen molar-refractivity contribution in [2.75, 3.05) is 0 Å². The van der Waals surface area contributed by atoms with Gasteiger partial charge in [0.05, 0.1) is 6.07 Å². The van der Waals surface area contributed by atoms with E-state index in [1.54, 1.807) is 0 Å². The van der Waals surface area contributed by atoms with Crippen molar-refractivity contribution in [2.45, 2.75) is 18.5 Å². The van der Waals surface area contributed by atoms with Gasteiger partial charge in [-0.1, -0.05) is 30.3 Å². The van der Waals surface area contributed by atoms with Gasteiger partial charge in [0.25, 0.3) is 0 Å². The average Bonchev–Trinajstić information content (AvgIpc) is 2.16. The van der Waals surface area contributed by atoms with E-state index in [-0.39, 0.29) is 0 Å². The molecule has 1 nitrogen and oxygen atoms in total. The van der Waals surface area contributed by atoms with Gasteiger partial charge in [-0.05, 0) is 17.7 Å². The molecule has 0 N–H and O–H groups in total. The van der Waals surface area contributed by atoms with Crippen LogP contribution in [0.1, 0.15) is 12.0 Å². The van der Waals surface area contributed by atoms with Gasteiger partial charge in [-0.3, -0.25) is 0 Å². The van der Waals surface area contributed by atoms with Gasteiger partial charge in [0.1, 0.15) is 8.11 Å². The van der Waals surface area contributed by atoms with Gasteiger partial charge in [-0.2, -0.15) is 16.3 Å². The molecule has 0 heterocycles. The molecule has 0 spiro atoms. The van der Waals surface area contributed by atoms with Crippen LogP contribution >= 0.6 is 11.1 Å². The molecule has 1 aromatic carbocycles. The summed E-state index contributed by atoms with van der Waals surface area (Å²) in [5.41, 5.74) is 1.30. The predicted octanol–water partition coefficient (Wildman–Crippen LogP) is 2.64. The molecular weight excluding hydrogens is 198 g/mol. The maximum Gasteiger partial charge on any atom is 0.146 e. The largest absolute Gasteiger partial charge is 0.198 e. The van der Waals surface area contributed by atoms with E-state index in [4.69, 9.17) is 16.3 Å². The predicted molar refractivity (Wildman–Crippen MR) is 58.2 cm³/mol. The van der Waals surface area contributed by atoms with E-state index in [9.17, 15) is 0 Å². The molecule has 13 heavy (non-hydrogen) atoms. The third-order valence-electron chi connectivity index (χ3n) is 1.87. The van der Waals surface area contributed by atoms with Gasteiger partial charge in [0.2, 0.25) is 0 Å². The van der Waals surface area contributed by atoms with Crippen molar-refractivity contribution in [3.63, 3.8) is 0 Å². The van der Waals surface area contributed by atoms with Crippen LogP contribution in [0.2, 0.25) is 6.04 Å². The molecule has 0 aliphatic rings. The molecule has 0 fully saturated rings. The number of hydrogen-bond acceptors (Lipinski definition) is 1. The van der Waals surface area contributed by atoms with Gasteiger partial charge in [-0.15, -0.1) is 0 Å². The number of rotatable bonds is 4. The number of nitriles is 1. The Balaban J connectivity index is 2.37. The Morgan fingerprint density at radius 1 is 1.31 bits per heavy atom. The maximum absolute atomic E-state index is 8.39. The van der Waals surface area contributed by atoms with E-state index in [0.29, 0.717) is 6.42 Å². The second-order valence-corrected chi connectivity index (χ2v) is 7.02. The third kappa shape index (κ3) is 4.12. The van der Waals surface area contributed by atoms with Gasteiger partial charge < -0.3 is 0 Å². The molecular formula is C10H12ClNSi. The first-order valence-electron chi connectivity index (χ1n) is 4.38. The molecule has 1 aromatic rings. The lowest BCUT2D eigenvalue weighted by molar-refractivity contribution is 1.18. The Morgan fingerprint density at radius 3 is 2.62 bits per heavy atom. The summed E-state index contributed by atoms with van der Waals surface area (Å²) in [7, 11) is -1.20. The van der Waals surface area contributed by atoms with Crippen molar-refractivity contribution in [1.29, 1.82) is 5.26 Å². The van der Waals surface area contributed by atoms with E-state index < -0.39 is 8.11 Å². The minimum absolute atomic E-state index is 0.604. The highest BCUT2D eigenvalue weighted by atomic mass is 35.6. The van der Waals surface area contributed by atoms with Crippen LogP contribution in [0.4, 0.5) is 0 Å². The summed E-state index contributed by atoms with van der Waals surface area (Å²) in [6, 6.07) is 14.3. The zero-order valence-corrected chi connectivity index (χ0v) is 9.32. The van der Waals surface area contributed by atoms with Crippen molar-refractivity contribution in [3.8, 4) is 6.07 Å². The highest BCUT2D eigenvalue weighted by Crippen LogP contribution is 2.09. The second-order valence-electron chi connectivity index (χ2n) is 2.98. The lowest BCUT2D eigenvalue weighted by Gasteiger charge is -2.04. The van der Waals surface area contributed by atoms with Crippen LogP contribution in [0, 0.1) is 11.3 Å². The Morgan fingerprint density at radius 2 is 2.00 bits per heavy atom. The number of nitrogens with zero attached hydrogens (tertiary/aromatic N) is 1. The quantitative estimate of drug-likeness (QED) is 0.553. The third-order valence-corrected chi connectivity index (χ3v) is 4.82. The standard InChI is InChI=1S/C10H12ClNSi/c11-13(8-4-7-12)9-10-5-2-1-3-6-10/h1-3,5-6,13H,4,8-9H2. The Hall–Kier alpha value is -0.783. The Labute approximate surface area is 85.3 Å². The van der Waals surface area contributed by atoms with Gasteiger partial charge in [-0.25, -0.2) is 0 Å². The van der Waals surface area contributed by atoms with Crippen molar-refractivity contribution in [1.82, 2.24) is 0 Å².